The minimum atomic E-state index is -5.86. The number of rotatable bonds is 3. The molecule has 0 heterocycles. The Kier molecular flexibility index (Phi) is 2.94. The molecule has 2 nitrogen and oxygen atoms in total. The Labute approximate surface area is 62.1 Å². The molecule has 0 bridgehead atoms. The van der Waals surface area contributed by atoms with E-state index >= 15 is 0 Å². The molecule has 0 saturated carbocycles. The van der Waals surface area contributed by atoms with Crippen LogP contribution in [0.1, 0.15) is 0 Å². The lowest BCUT2D eigenvalue weighted by Gasteiger charge is -2.17. The van der Waals surface area contributed by atoms with Gasteiger partial charge < -0.3 is 4.74 Å². The summed E-state index contributed by atoms with van der Waals surface area (Å²) in [6, 6.07) is 0. The number of carbonyl (C=O) groups excluding carboxylic acids is 1. The van der Waals surface area contributed by atoms with Crippen LogP contribution in [0.15, 0.2) is 0 Å². The number of hydrogen-bond acceptors (Lipinski definition) is 2. The molecule has 0 aromatic carbocycles. The first-order chi connectivity index (χ1) is 5.22. The Balaban J connectivity index is 4.44. The summed E-state index contributed by atoms with van der Waals surface area (Å²) in [5, 5.41) is 0. The van der Waals surface area contributed by atoms with Crippen molar-refractivity contribution in [3.05, 3.63) is 6.17 Å². The lowest BCUT2D eigenvalue weighted by atomic mass is 10.3. The molecule has 0 atom stereocenters. The van der Waals surface area contributed by atoms with Crippen LogP contribution in [-0.2, 0) is 9.53 Å². The third-order valence-electron chi connectivity index (χ3n) is 0.674. The molecule has 2 radical (unpaired) electrons. The van der Waals surface area contributed by atoms with E-state index in [1.54, 1.807) is 0 Å². The van der Waals surface area contributed by atoms with Gasteiger partial charge in [0.15, 0.2) is 0 Å². The summed E-state index contributed by atoms with van der Waals surface area (Å²) >= 11 is 0. The molecule has 0 unspecified atom stereocenters. The predicted molar refractivity (Wildman–Crippen MR) is 22.1 cm³/mol. The summed E-state index contributed by atoms with van der Waals surface area (Å²) in [5.74, 6) is 0. The van der Waals surface area contributed by atoms with E-state index in [1.807, 2.05) is 0 Å². The van der Waals surface area contributed by atoms with E-state index in [2.05, 4.69) is 4.74 Å². The highest BCUT2D eigenvalue weighted by Crippen LogP contribution is 2.41. The van der Waals surface area contributed by atoms with Gasteiger partial charge >= 0.3 is 24.9 Å². The summed E-state index contributed by atoms with van der Waals surface area (Å²) in [6.07, 6.45) is -14.9. The van der Waals surface area contributed by atoms with E-state index in [1.165, 1.54) is 0 Å². The monoisotopic (exact) mass is 194 g/mol. The van der Waals surface area contributed by atoms with E-state index < -0.39 is 18.5 Å². The number of halogens is 6. The molecule has 0 spiro atoms. The zero-order valence-corrected chi connectivity index (χ0v) is 5.08. The second-order valence-corrected chi connectivity index (χ2v) is 1.51. The van der Waals surface area contributed by atoms with Gasteiger partial charge in [0.1, 0.15) is 0 Å². The van der Waals surface area contributed by atoms with Gasteiger partial charge in [-0.15, -0.1) is 0 Å². The summed E-state index contributed by atoms with van der Waals surface area (Å²) in [5.41, 5.74) is 0. The molecule has 0 aliphatic rings. The zero-order chi connectivity index (χ0) is 9.99. The minimum absolute atomic E-state index is 0.000139. The maximum atomic E-state index is 11.7. The molecule has 0 aliphatic carbocycles. The van der Waals surface area contributed by atoms with E-state index in [9.17, 15) is 26.3 Å². The highest BCUT2D eigenvalue weighted by atomic mass is 19.4. The highest BCUT2D eigenvalue weighted by molar-refractivity contribution is 5.39. The van der Waals surface area contributed by atoms with E-state index in [0.717, 1.165) is 0 Å². The van der Waals surface area contributed by atoms with Gasteiger partial charge in [0.25, 0.3) is 0 Å². The second kappa shape index (κ2) is 3.20. The van der Waals surface area contributed by atoms with E-state index in [0.29, 0.717) is 0 Å². The van der Waals surface area contributed by atoms with Gasteiger partial charge in [0.05, 0.1) is 0 Å². The van der Waals surface area contributed by atoms with E-state index in [4.69, 9.17) is 4.79 Å². The number of hydrogen-bond donors (Lipinski definition) is 0. The van der Waals surface area contributed by atoms with Crippen molar-refractivity contribution in [3.63, 3.8) is 0 Å². The first-order valence-electron chi connectivity index (χ1n) is 2.25. The average molecular weight is 194 g/mol. The Morgan fingerprint density at radius 1 is 1.17 bits per heavy atom. The smallest absolute Gasteiger partial charge is 0.389 e. The molecule has 0 aromatic rings. The normalized spacial score (nSPS) is 13.2. The molecule has 0 aromatic heterocycles. The molecule has 0 amide bonds. The SMILES string of the molecule is O=[C]OC(F)(F)[C](F)C(F)(F)F. The van der Waals surface area contributed by atoms with Crippen LogP contribution in [-0.4, -0.2) is 18.8 Å². The largest absolute Gasteiger partial charge is 0.448 e. The topological polar surface area (TPSA) is 26.3 Å². The molecule has 0 aliphatic heterocycles. The maximum absolute atomic E-state index is 11.7. The predicted octanol–water partition coefficient (Wildman–Crippen LogP) is 1.73. The zero-order valence-electron chi connectivity index (χ0n) is 5.08. The second-order valence-electron chi connectivity index (χ2n) is 1.51. The Morgan fingerprint density at radius 3 is 1.83 bits per heavy atom. The molecular weight excluding hydrogens is 194 g/mol. The fourth-order valence-corrected chi connectivity index (χ4v) is 0.262. The third-order valence-corrected chi connectivity index (χ3v) is 0.674. The van der Waals surface area contributed by atoms with Gasteiger partial charge in [-0.1, -0.05) is 0 Å². The molecule has 8 heteroatoms. The molecule has 0 saturated heterocycles. The lowest BCUT2D eigenvalue weighted by molar-refractivity contribution is -0.260. The van der Waals surface area contributed by atoms with Crippen molar-refractivity contribution < 1.29 is 35.9 Å². The summed E-state index contributed by atoms with van der Waals surface area (Å²) in [4.78, 5) is 9.08. The lowest BCUT2D eigenvalue weighted by Crippen LogP contribution is -2.36. The summed E-state index contributed by atoms with van der Waals surface area (Å²) < 4.78 is 71.0. The minimum Gasteiger partial charge on any atom is -0.389 e. The van der Waals surface area contributed by atoms with Crippen molar-refractivity contribution in [2.24, 2.45) is 0 Å². The van der Waals surface area contributed by atoms with Crippen LogP contribution in [0, 0.1) is 6.17 Å². The number of ether oxygens (including phenoxy) is 1. The van der Waals surface area contributed by atoms with Gasteiger partial charge in [-0.3, -0.25) is 0 Å². The summed E-state index contributed by atoms with van der Waals surface area (Å²) in [7, 11) is 0. The quantitative estimate of drug-likeness (QED) is 0.639. The summed E-state index contributed by atoms with van der Waals surface area (Å²) in [6.45, 7) is 0.000139. The molecule has 0 N–H and O–H groups in total. The van der Waals surface area contributed by atoms with Crippen LogP contribution in [0.4, 0.5) is 26.3 Å². The van der Waals surface area contributed by atoms with Crippen molar-refractivity contribution in [3.8, 4) is 0 Å². The van der Waals surface area contributed by atoms with Crippen LogP contribution >= 0.6 is 0 Å². The van der Waals surface area contributed by atoms with Crippen LogP contribution in [0.5, 0.6) is 0 Å². The van der Waals surface area contributed by atoms with Crippen molar-refractivity contribution in [1.82, 2.24) is 0 Å². The third kappa shape index (κ3) is 2.59. The van der Waals surface area contributed by atoms with Gasteiger partial charge in [-0.2, -0.15) is 22.0 Å². The van der Waals surface area contributed by atoms with Gasteiger partial charge in [0.2, 0.25) is 0 Å². The first-order valence-corrected chi connectivity index (χ1v) is 2.25. The first kappa shape index (κ1) is 11.0. The molecule has 0 rings (SSSR count). The van der Waals surface area contributed by atoms with Crippen molar-refractivity contribution in [2.45, 2.75) is 12.3 Å². The Hall–Kier alpha value is -0.950. The van der Waals surface area contributed by atoms with Crippen LogP contribution in [0.25, 0.3) is 0 Å². The van der Waals surface area contributed by atoms with Gasteiger partial charge in [-0.25, -0.2) is 9.18 Å². The number of alkyl halides is 5. The van der Waals surface area contributed by atoms with E-state index in [-0.39, 0.29) is 6.47 Å². The fraction of sp³-hybridized carbons (Fsp3) is 0.500. The fourth-order valence-electron chi connectivity index (χ4n) is 0.262. The molecule has 12 heavy (non-hydrogen) atoms. The van der Waals surface area contributed by atoms with Crippen molar-refractivity contribution >= 4 is 6.47 Å². The Bertz CT molecular complexity index is 163. The van der Waals surface area contributed by atoms with Crippen LogP contribution in [0.2, 0.25) is 0 Å². The Morgan fingerprint density at radius 2 is 1.58 bits per heavy atom. The van der Waals surface area contributed by atoms with Gasteiger partial charge in [0, 0.05) is 0 Å². The maximum Gasteiger partial charge on any atom is 0.448 e. The van der Waals surface area contributed by atoms with Crippen molar-refractivity contribution in [1.29, 1.82) is 0 Å². The standard InChI is InChI=1S/C4F6O2/c5-2(3(6,7)8)4(9,10)12-1-11. The van der Waals surface area contributed by atoms with Crippen molar-refractivity contribution in [2.75, 3.05) is 0 Å². The average Bonchev–Trinajstić information content (AvgIpc) is 1.84. The highest BCUT2D eigenvalue weighted by Gasteiger charge is 2.61. The van der Waals surface area contributed by atoms with Gasteiger partial charge in [-0.05, 0) is 0 Å². The van der Waals surface area contributed by atoms with Crippen LogP contribution < -0.4 is 0 Å². The molecule has 0 fully saturated rings. The molecule has 70 valence electrons. The molecular formula is C4F6O2. The van der Waals surface area contributed by atoms with Crippen LogP contribution in [0.3, 0.4) is 0 Å².